The summed E-state index contributed by atoms with van der Waals surface area (Å²) in [6.07, 6.45) is 2.04. The Morgan fingerprint density at radius 3 is 2.73 bits per heavy atom. The first-order valence-corrected chi connectivity index (χ1v) is 4.61. The van der Waals surface area contributed by atoms with Crippen molar-refractivity contribution in [2.75, 3.05) is 14.2 Å². The van der Waals surface area contributed by atoms with Gasteiger partial charge in [-0.2, -0.15) is 5.26 Å². The third-order valence-corrected chi connectivity index (χ3v) is 2.16. The second-order valence-corrected chi connectivity index (χ2v) is 3.15. The number of aryl methyl sites for hydroxylation is 1. The van der Waals surface area contributed by atoms with E-state index in [1.54, 1.807) is 20.4 Å². The molecule has 0 saturated carbocycles. The molecule has 0 saturated heterocycles. The number of aromatic nitrogens is 1. The minimum absolute atomic E-state index is 0.311. The Balaban J connectivity index is 3.23. The molecule has 1 heterocycles. The number of nitriles is 1. The van der Waals surface area contributed by atoms with Crippen molar-refractivity contribution in [2.45, 2.75) is 20.0 Å². The molecule has 4 nitrogen and oxygen atoms in total. The van der Waals surface area contributed by atoms with E-state index in [-0.39, 0.29) is 0 Å². The Bertz CT molecular complexity index is 383. The van der Waals surface area contributed by atoms with Gasteiger partial charge in [-0.1, -0.05) is 0 Å². The summed E-state index contributed by atoms with van der Waals surface area (Å²) in [6, 6.07) is 2.12. The minimum atomic E-state index is 0.311. The van der Waals surface area contributed by atoms with Crippen LogP contribution in [0.15, 0.2) is 6.20 Å². The van der Waals surface area contributed by atoms with Crippen LogP contribution in [0, 0.1) is 18.3 Å². The van der Waals surface area contributed by atoms with E-state index >= 15 is 0 Å². The van der Waals surface area contributed by atoms with Crippen LogP contribution >= 0.6 is 0 Å². The summed E-state index contributed by atoms with van der Waals surface area (Å²) < 4.78 is 10.3. The zero-order valence-corrected chi connectivity index (χ0v) is 9.20. The monoisotopic (exact) mass is 206 g/mol. The van der Waals surface area contributed by atoms with Crippen LogP contribution in [0.1, 0.15) is 16.8 Å². The Labute approximate surface area is 89.5 Å². The molecule has 0 spiro atoms. The summed E-state index contributed by atoms with van der Waals surface area (Å²) in [5.74, 6) is 0.686. The molecule has 1 aromatic heterocycles. The molecule has 0 aliphatic carbocycles. The van der Waals surface area contributed by atoms with Gasteiger partial charge in [0.05, 0.1) is 31.9 Å². The van der Waals surface area contributed by atoms with Crippen LogP contribution in [0.3, 0.4) is 0 Å². The van der Waals surface area contributed by atoms with Crippen LogP contribution in [0.5, 0.6) is 5.75 Å². The van der Waals surface area contributed by atoms with Gasteiger partial charge >= 0.3 is 0 Å². The number of nitrogens with zero attached hydrogens (tertiary/aromatic N) is 2. The molecular weight excluding hydrogens is 192 g/mol. The van der Waals surface area contributed by atoms with E-state index in [0.717, 1.165) is 16.8 Å². The molecule has 0 N–H and O–H groups in total. The molecule has 0 atom stereocenters. The molecule has 0 aliphatic heterocycles. The molecule has 0 aliphatic rings. The molecular formula is C11H14N2O2. The smallest absolute Gasteiger partial charge is 0.144 e. The van der Waals surface area contributed by atoms with Gasteiger partial charge in [-0.15, -0.1) is 0 Å². The minimum Gasteiger partial charge on any atom is -0.495 e. The molecule has 0 unspecified atom stereocenters. The van der Waals surface area contributed by atoms with Gasteiger partial charge in [-0.25, -0.2) is 0 Å². The van der Waals surface area contributed by atoms with E-state index in [2.05, 4.69) is 11.1 Å². The molecule has 1 rings (SSSR count). The van der Waals surface area contributed by atoms with Gasteiger partial charge in [0.25, 0.3) is 0 Å². The molecule has 1 aromatic rings. The summed E-state index contributed by atoms with van der Waals surface area (Å²) >= 11 is 0. The molecule has 0 bridgehead atoms. The zero-order chi connectivity index (χ0) is 11.3. The normalized spacial score (nSPS) is 9.73. The molecule has 15 heavy (non-hydrogen) atoms. The number of methoxy groups -OCH3 is 2. The van der Waals surface area contributed by atoms with E-state index in [1.165, 1.54) is 0 Å². The topological polar surface area (TPSA) is 55.1 Å². The average Bonchev–Trinajstić information content (AvgIpc) is 2.23. The second kappa shape index (κ2) is 5.32. The first-order valence-electron chi connectivity index (χ1n) is 4.61. The lowest BCUT2D eigenvalue weighted by molar-refractivity contribution is 0.183. The number of hydrogen-bond donors (Lipinski definition) is 0. The predicted octanol–water partition coefficient (Wildman–Crippen LogP) is 1.61. The molecule has 0 amide bonds. The Hall–Kier alpha value is -1.60. The van der Waals surface area contributed by atoms with Gasteiger partial charge in [0.1, 0.15) is 5.75 Å². The second-order valence-electron chi connectivity index (χ2n) is 3.15. The quantitative estimate of drug-likeness (QED) is 0.751. The van der Waals surface area contributed by atoms with E-state index in [1.807, 2.05) is 6.92 Å². The number of hydrogen-bond acceptors (Lipinski definition) is 4. The van der Waals surface area contributed by atoms with Crippen LogP contribution in [0.4, 0.5) is 0 Å². The van der Waals surface area contributed by atoms with Gasteiger partial charge in [0.2, 0.25) is 0 Å². The van der Waals surface area contributed by atoms with Crippen LogP contribution in [0.25, 0.3) is 0 Å². The number of rotatable bonds is 4. The fourth-order valence-corrected chi connectivity index (χ4v) is 1.50. The van der Waals surface area contributed by atoms with Crippen LogP contribution < -0.4 is 4.74 Å². The molecule has 4 heteroatoms. The molecule has 80 valence electrons. The van der Waals surface area contributed by atoms with Crippen LogP contribution in [-0.4, -0.2) is 19.2 Å². The van der Waals surface area contributed by atoms with E-state index < -0.39 is 0 Å². The highest BCUT2D eigenvalue weighted by Gasteiger charge is 2.12. The van der Waals surface area contributed by atoms with Crippen molar-refractivity contribution in [3.63, 3.8) is 0 Å². The Kier molecular flexibility index (Phi) is 4.07. The predicted molar refractivity (Wildman–Crippen MR) is 55.6 cm³/mol. The maximum Gasteiger partial charge on any atom is 0.144 e. The lowest BCUT2D eigenvalue weighted by Crippen LogP contribution is -2.03. The zero-order valence-electron chi connectivity index (χ0n) is 9.20. The number of ether oxygens (including phenoxy) is 2. The van der Waals surface area contributed by atoms with E-state index in [9.17, 15) is 0 Å². The van der Waals surface area contributed by atoms with Crippen molar-refractivity contribution in [1.29, 1.82) is 5.26 Å². The Morgan fingerprint density at radius 1 is 1.47 bits per heavy atom. The molecule has 0 radical (unpaired) electrons. The Morgan fingerprint density at radius 2 is 2.20 bits per heavy atom. The third kappa shape index (κ3) is 2.45. The van der Waals surface area contributed by atoms with Gasteiger partial charge in [0, 0.05) is 24.4 Å². The van der Waals surface area contributed by atoms with Crippen molar-refractivity contribution in [3.8, 4) is 11.8 Å². The lowest BCUT2D eigenvalue weighted by Gasteiger charge is -2.12. The third-order valence-electron chi connectivity index (χ3n) is 2.16. The number of pyridine rings is 1. The van der Waals surface area contributed by atoms with Crippen molar-refractivity contribution < 1.29 is 9.47 Å². The highest BCUT2D eigenvalue weighted by molar-refractivity contribution is 5.43. The highest BCUT2D eigenvalue weighted by Crippen LogP contribution is 2.25. The van der Waals surface area contributed by atoms with Crippen molar-refractivity contribution in [2.24, 2.45) is 0 Å². The summed E-state index contributed by atoms with van der Waals surface area (Å²) in [7, 11) is 3.20. The molecule has 0 fully saturated rings. The van der Waals surface area contributed by atoms with Crippen molar-refractivity contribution >= 4 is 0 Å². The van der Waals surface area contributed by atoms with Gasteiger partial charge in [-0.3, -0.25) is 4.98 Å². The summed E-state index contributed by atoms with van der Waals surface area (Å²) in [6.45, 7) is 2.30. The average molecular weight is 206 g/mol. The summed E-state index contributed by atoms with van der Waals surface area (Å²) in [4.78, 5) is 4.20. The van der Waals surface area contributed by atoms with E-state index in [4.69, 9.17) is 14.7 Å². The lowest BCUT2D eigenvalue weighted by atomic mass is 10.1. The highest BCUT2D eigenvalue weighted by atomic mass is 16.5. The van der Waals surface area contributed by atoms with Crippen molar-refractivity contribution in [3.05, 3.63) is 23.0 Å². The van der Waals surface area contributed by atoms with Crippen LogP contribution in [-0.2, 0) is 17.8 Å². The van der Waals surface area contributed by atoms with Gasteiger partial charge in [-0.05, 0) is 6.92 Å². The standard InChI is InChI=1S/C11H14N2O2/c1-8-11(15-3)10(4-5-12)9(6-13-8)7-14-2/h6H,4,7H2,1-3H3. The van der Waals surface area contributed by atoms with Crippen molar-refractivity contribution in [1.82, 2.24) is 4.98 Å². The molecule has 0 aromatic carbocycles. The van der Waals surface area contributed by atoms with E-state index in [0.29, 0.717) is 18.8 Å². The summed E-state index contributed by atoms with van der Waals surface area (Å²) in [5.41, 5.74) is 2.57. The maximum atomic E-state index is 8.76. The fourth-order valence-electron chi connectivity index (χ4n) is 1.50. The summed E-state index contributed by atoms with van der Waals surface area (Å²) in [5, 5.41) is 8.76. The van der Waals surface area contributed by atoms with Gasteiger partial charge < -0.3 is 9.47 Å². The fraction of sp³-hybridized carbons (Fsp3) is 0.455. The SMILES string of the molecule is COCc1cnc(C)c(OC)c1CC#N. The largest absolute Gasteiger partial charge is 0.495 e. The van der Waals surface area contributed by atoms with Gasteiger partial charge in [0.15, 0.2) is 0 Å². The maximum absolute atomic E-state index is 8.76. The first kappa shape index (κ1) is 11.5. The van der Waals surface area contributed by atoms with Crippen LogP contribution in [0.2, 0.25) is 0 Å². The first-order chi connectivity index (χ1) is 7.24.